The number of fused-ring (bicyclic) bond motifs is 3. The molecule has 6 nitrogen and oxygen atoms in total. The first kappa shape index (κ1) is 20.2. The molecule has 9 heteroatoms. The number of ether oxygens (including phenoxy) is 2. The molecule has 2 aliphatic heterocycles. The van der Waals surface area contributed by atoms with Crippen molar-refractivity contribution in [2.45, 2.75) is 18.0 Å². The Balaban J connectivity index is 1.54. The lowest BCUT2D eigenvalue weighted by molar-refractivity contribution is -0.124. The van der Waals surface area contributed by atoms with E-state index in [2.05, 4.69) is 5.32 Å². The number of benzene rings is 2. The molecule has 0 aromatic heterocycles. The van der Waals surface area contributed by atoms with Gasteiger partial charge in [0.05, 0.1) is 19.8 Å². The van der Waals surface area contributed by atoms with Gasteiger partial charge < -0.3 is 19.7 Å². The number of nitrogens with zero attached hydrogens (tertiary/aromatic N) is 1. The molecular formula is C20H18Cl2N2O4S. The number of carbonyl (C=O) groups excluding carboxylic acids is 2. The van der Waals surface area contributed by atoms with Crippen LogP contribution in [0.1, 0.15) is 26.9 Å². The van der Waals surface area contributed by atoms with Gasteiger partial charge in [0.1, 0.15) is 11.4 Å². The molecule has 2 heterocycles. The van der Waals surface area contributed by atoms with E-state index in [0.717, 1.165) is 11.1 Å². The van der Waals surface area contributed by atoms with Crippen molar-refractivity contribution in [3.8, 4) is 11.5 Å². The second-order valence-corrected chi connectivity index (χ2v) is 8.59. The van der Waals surface area contributed by atoms with E-state index in [9.17, 15) is 9.59 Å². The van der Waals surface area contributed by atoms with E-state index < -0.39 is 6.04 Å². The summed E-state index contributed by atoms with van der Waals surface area (Å²) >= 11 is 13.7. The van der Waals surface area contributed by atoms with Crippen LogP contribution in [0.2, 0.25) is 10.0 Å². The zero-order valence-corrected chi connectivity index (χ0v) is 18.0. The Hall–Kier alpha value is -2.09. The van der Waals surface area contributed by atoms with Crippen LogP contribution in [-0.4, -0.2) is 42.7 Å². The first-order valence-electron chi connectivity index (χ1n) is 8.87. The Kier molecular flexibility index (Phi) is 5.55. The van der Waals surface area contributed by atoms with Crippen LogP contribution >= 0.6 is 35.0 Å². The topological polar surface area (TPSA) is 67.9 Å². The molecule has 2 aliphatic rings. The summed E-state index contributed by atoms with van der Waals surface area (Å²) in [7, 11) is 3.03. The third-order valence-corrected chi connectivity index (χ3v) is 6.96. The fraction of sp³-hybridized carbons (Fsp3) is 0.300. The minimum atomic E-state index is -0.577. The number of halogens is 2. The van der Waals surface area contributed by atoms with E-state index in [0.29, 0.717) is 32.9 Å². The van der Waals surface area contributed by atoms with E-state index >= 15 is 0 Å². The van der Waals surface area contributed by atoms with Crippen molar-refractivity contribution < 1.29 is 19.1 Å². The molecule has 1 N–H and O–H groups in total. The first-order valence-corrected chi connectivity index (χ1v) is 10.7. The molecule has 0 aliphatic carbocycles. The number of rotatable bonds is 5. The lowest BCUT2D eigenvalue weighted by atomic mass is 10.1. The van der Waals surface area contributed by atoms with Crippen LogP contribution in [0.5, 0.6) is 11.5 Å². The largest absolute Gasteiger partial charge is 0.493 e. The number of carbonyl (C=O) groups is 2. The summed E-state index contributed by atoms with van der Waals surface area (Å²) in [6.07, 6.45) is 0. The number of methoxy groups -OCH3 is 2. The summed E-state index contributed by atoms with van der Waals surface area (Å²) < 4.78 is 10.7. The molecule has 2 atom stereocenters. The molecule has 0 spiro atoms. The van der Waals surface area contributed by atoms with Crippen LogP contribution in [-0.2, 0) is 11.3 Å². The minimum absolute atomic E-state index is 0.216. The summed E-state index contributed by atoms with van der Waals surface area (Å²) in [6, 6.07) is 8.19. The van der Waals surface area contributed by atoms with Crippen molar-refractivity contribution in [3.05, 3.63) is 57.1 Å². The average Bonchev–Trinajstić information content (AvgIpc) is 3.26. The quantitative estimate of drug-likeness (QED) is 0.744. The van der Waals surface area contributed by atoms with Crippen LogP contribution in [0.4, 0.5) is 0 Å². The third-order valence-electron chi connectivity index (χ3n) is 5.06. The standard InChI is InChI=1S/C20H18Cl2N2O4S/c1-27-15-6-5-12-16(17(15)28-2)19(26)24-14(9-29-20(12)24)18(25)23-8-10-3-4-11(21)7-13(10)22/h3-7,14,20H,8-9H2,1-2H3,(H,23,25). The highest BCUT2D eigenvalue weighted by Crippen LogP contribution is 2.52. The van der Waals surface area contributed by atoms with Crippen molar-refractivity contribution in [2.24, 2.45) is 0 Å². The lowest BCUT2D eigenvalue weighted by Crippen LogP contribution is -2.45. The van der Waals surface area contributed by atoms with Gasteiger partial charge in [0.25, 0.3) is 5.91 Å². The van der Waals surface area contributed by atoms with Crippen LogP contribution in [0.25, 0.3) is 0 Å². The molecule has 1 saturated heterocycles. The Morgan fingerprint density at radius 3 is 2.72 bits per heavy atom. The molecule has 0 saturated carbocycles. The number of hydrogen-bond acceptors (Lipinski definition) is 5. The summed E-state index contributed by atoms with van der Waals surface area (Å²) in [5.74, 6) is 0.958. The summed E-state index contributed by atoms with van der Waals surface area (Å²) in [5, 5.41) is 3.68. The zero-order chi connectivity index (χ0) is 20.7. The van der Waals surface area contributed by atoms with Gasteiger partial charge in [0.15, 0.2) is 11.5 Å². The van der Waals surface area contributed by atoms with Crippen LogP contribution in [0, 0.1) is 0 Å². The van der Waals surface area contributed by atoms with E-state index in [1.165, 1.54) is 14.2 Å². The first-order chi connectivity index (χ1) is 14.0. The molecule has 2 aromatic carbocycles. The van der Waals surface area contributed by atoms with Gasteiger partial charge in [-0.05, 0) is 23.8 Å². The van der Waals surface area contributed by atoms with Crippen molar-refractivity contribution in [3.63, 3.8) is 0 Å². The van der Waals surface area contributed by atoms with Crippen LogP contribution in [0.3, 0.4) is 0 Å². The molecule has 2 unspecified atom stereocenters. The maximum atomic E-state index is 13.2. The summed E-state index contributed by atoms with van der Waals surface area (Å²) in [4.78, 5) is 27.7. The third kappa shape index (κ3) is 3.41. The number of thioether (sulfide) groups is 1. The Bertz CT molecular complexity index is 1000. The second kappa shape index (κ2) is 7.97. The average molecular weight is 453 g/mol. The maximum absolute atomic E-state index is 13.2. The molecule has 152 valence electrons. The molecular weight excluding hydrogens is 435 g/mol. The fourth-order valence-corrected chi connectivity index (χ4v) is 5.59. The highest BCUT2D eigenvalue weighted by molar-refractivity contribution is 7.99. The van der Waals surface area contributed by atoms with Crippen molar-refractivity contribution >= 4 is 46.8 Å². The fourth-order valence-electron chi connectivity index (χ4n) is 3.66. The molecule has 2 aromatic rings. The minimum Gasteiger partial charge on any atom is -0.493 e. The number of amides is 2. The number of nitrogens with one attached hydrogen (secondary N) is 1. The van der Waals surface area contributed by atoms with Crippen molar-refractivity contribution in [1.29, 1.82) is 0 Å². The molecule has 29 heavy (non-hydrogen) atoms. The van der Waals surface area contributed by atoms with Gasteiger partial charge in [-0.2, -0.15) is 0 Å². The Morgan fingerprint density at radius 2 is 2.03 bits per heavy atom. The summed E-state index contributed by atoms with van der Waals surface area (Å²) in [5.41, 5.74) is 2.06. The number of hydrogen-bond donors (Lipinski definition) is 1. The molecule has 1 fully saturated rings. The van der Waals surface area contributed by atoms with Gasteiger partial charge in [-0.1, -0.05) is 35.3 Å². The molecule has 2 amide bonds. The van der Waals surface area contributed by atoms with Gasteiger partial charge in [0.2, 0.25) is 5.91 Å². The van der Waals surface area contributed by atoms with Gasteiger partial charge >= 0.3 is 0 Å². The highest BCUT2D eigenvalue weighted by atomic mass is 35.5. The normalized spacial score (nSPS) is 19.7. The maximum Gasteiger partial charge on any atom is 0.260 e. The van der Waals surface area contributed by atoms with E-state index in [4.69, 9.17) is 32.7 Å². The highest BCUT2D eigenvalue weighted by Gasteiger charge is 2.50. The van der Waals surface area contributed by atoms with Gasteiger partial charge in [-0.3, -0.25) is 9.59 Å². The monoisotopic (exact) mass is 452 g/mol. The lowest BCUT2D eigenvalue weighted by Gasteiger charge is -2.22. The summed E-state index contributed by atoms with van der Waals surface area (Å²) in [6.45, 7) is 0.257. The molecule has 4 rings (SSSR count). The van der Waals surface area contributed by atoms with E-state index in [1.54, 1.807) is 40.9 Å². The van der Waals surface area contributed by atoms with E-state index in [-0.39, 0.29) is 23.7 Å². The van der Waals surface area contributed by atoms with Gasteiger partial charge in [-0.25, -0.2) is 0 Å². The van der Waals surface area contributed by atoms with Crippen LogP contribution < -0.4 is 14.8 Å². The van der Waals surface area contributed by atoms with Gasteiger partial charge in [0, 0.05) is 27.9 Å². The molecule has 0 radical (unpaired) electrons. The predicted octanol–water partition coefficient (Wildman–Crippen LogP) is 3.90. The van der Waals surface area contributed by atoms with E-state index in [1.807, 2.05) is 6.07 Å². The van der Waals surface area contributed by atoms with Crippen molar-refractivity contribution in [1.82, 2.24) is 10.2 Å². The Labute approximate surface area is 182 Å². The Morgan fingerprint density at radius 1 is 1.24 bits per heavy atom. The van der Waals surface area contributed by atoms with Crippen molar-refractivity contribution in [2.75, 3.05) is 20.0 Å². The van der Waals surface area contributed by atoms with Gasteiger partial charge in [-0.15, -0.1) is 11.8 Å². The second-order valence-electron chi connectivity index (χ2n) is 6.63. The zero-order valence-electron chi connectivity index (χ0n) is 15.7. The SMILES string of the molecule is COc1ccc2c(c1OC)C(=O)N1C(C(=O)NCc3ccc(Cl)cc3Cl)CSC21. The smallest absolute Gasteiger partial charge is 0.260 e. The molecule has 0 bridgehead atoms. The van der Waals surface area contributed by atoms with Crippen LogP contribution in [0.15, 0.2) is 30.3 Å². The predicted molar refractivity (Wildman–Crippen MR) is 113 cm³/mol.